The van der Waals surface area contributed by atoms with Gasteiger partial charge in [-0.15, -0.1) is 10.2 Å². The van der Waals surface area contributed by atoms with Crippen LogP contribution in [0.3, 0.4) is 0 Å². The Balaban J connectivity index is 1.75. The molecule has 0 unspecified atom stereocenters. The number of nitrogens with one attached hydrogen (secondary N) is 2. The van der Waals surface area contributed by atoms with Crippen LogP contribution in [0.25, 0.3) is 0 Å². The van der Waals surface area contributed by atoms with Gasteiger partial charge in [0, 0.05) is 12.5 Å². The fourth-order valence-electron chi connectivity index (χ4n) is 1.66. The van der Waals surface area contributed by atoms with Crippen LogP contribution in [0.4, 0.5) is 11.6 Å². The average Bonchev–Trinajstić information content (AvgIpc) is 3.21. The number of unbranched alkanes of at least 4 members (excludes halogenated alkanes) is 2. The average molecular weight is 248 g/mol. The minimum Gasteiger partial charge on any atom is -0.369 e. The second-order valence-corrected chi connectivity index (χ2v) is 4.70. The lowest BCUT2D eigenvalue weighted by Gasteiger charge is -2.05. The van der Waals surface area contributed by atoms with Crippen molar-refractivity contribution in [2.75, 3.05) is 17.2 Å². The van der Waals surface area contributed by atoms with Gasteiger partial charge in [-0.1, -0.05) is 19.8 Å². The van der Waals surface area contributed by atoms with Crippen molar-refractivity contribution in [2.24, 2.45) is 5.92 Å². The van der Waals surface area contributed by atoms with Gasteiger partial charge >= 0.3 is 0 Å². The molecule has 0 spiro atoms. The Labute approximate surface area is 107 Å². The number of anilines is 2. The van der Waals surface area contributed by atoms with Gasteiger partial charge in [0.15, 0.2) is 5.82 Å². The number of hydrogen-bond acceptors (Lipinski definition) is 4. The summed E-state index contributed by atoms with van der Waals surface area (Å²) < 4.78 is 0. The van der Waals surface area contributed by atoms with E-state index in [4.69, 9.17) is 0 Å². The predicted octanol–water partition coefficient (Wildman–Crippen LogP) is 2.43. The number of carbonyl (C=O) groups excluding carboxylic acids is 1. The smallest absolute Gasteiger partial charge is 0.228 e. The fraction of sp³-hybridized carbons (Fsp3) is 0.615. The summed E-state index contributed by atoms with van der Waals surface area (Å²) in [4.78, 5) is 11.5. The fourth-order valence-corrected chi connectivity index (χ4v) is 1.66. The Morgan fingerprint density at radius 1 is 1.28 bits per heavy atom. The van der Waals surface area contributed by atoms with E-state index in [-0.39, 0.29) is 11.8 Å². The topological polar surface area (TPSA) is 66.9 Å². The first-order valence-electron chi connectivity index (χ1n) is 6.68. The van der Waals surface area contributed by atoms with E-state index in [1.54, 1.807) is 6.07 Å². The predicted molar refractivity (Wildman–Crippen MR) is 71.4 cm³/mol. The van der Waals surface area contributed by atoms with Crippen LogP contribution in [-0.2, 0) is 4.79 Å². The van der Waals surface area contributed by atoms with Crippen molar-refractivity contribution < 1.29 is 4.79 Å². The molecule has 1 aliphatic carbocycles. The monoisotopic (exact) mass is 248 g/mol. The molecule has 2 rings (SSSR count). The first kappa shape index (κ1) is 12.8. The van der Waals surface area contributed by atoms with Gasteiger partial charge in [0.25, 0.3) is 0 Å². The number of amides is 1. The van der Waals surface area contributed by atoms with Crippen LogP contribution in [0.5, 0.6) is 0 Å². The van der Waals surface area contributed by atoms with E-state index in [1.807, 2.05) is 6.07 Å². The maximum atomic E-state index is 11.5. The lowest BCUT2D eigenvalue weighted by Crippen LogP contribution is -2.15. The summed E-state index contributed by atoms with van der Waals surface area (Å²) in [6, 6.07) is 3.64. The molecule has 1 aromatic rings. The van der Waals surface area contributed by atoms with Crippen molar-refractivity contribution in [3.8, 4) is 0 Å². The molecule has 0 atom stereocenters. The lowest BCUT2D eigenvalue weighted by atomic mass is 10.2. The van der Waals surface area contributed by atoms with Crippen LogP contribution in [0.15, 0.2) is 12.1 Å². The zero-order valence-corrected chi connectivity index (χ0v) is 10.8. The zero-order chi connectivity index (χ0) is 12.8. The number of aromatic nitrogens is 2. The molecule has 0 aromatic carbocycles. The normalized spacial score (nSPS) is 14.3. The number of nitrogens with zero attached hydrogens (tertiary/aromatic N) is 2. The van der Waals surface area contributed by atoms with Gasteiger partial charge in [0.2, 0.25) is 5.91 Å². The summed E-state index contributed by atoms with van der Waals surface area (Å²) in [5.74, 6) is 1.55. The number of rotatable bonds is 7. The van der Waals surface area contributed by atoms with Crippen LogP contribution in [0.2, 0.25) is 0 Å². The highest BCUT2D eigenvalue weighted by Gasteiger charge is 2.29. The largest absolute Gasteiger partial charge is 0.369 e. The third kappa shape index (κ3) is 3.98. The molecule has 18 heavy (non-hydrogen) atoms. The molecule has 1 amide bonds. The molecule has 1 saturated carbocycles. The quantitative estimate of drug-likeness (QED) is 0.727. The molecule has 0 saturated heterocycles. The Bertz CT molecular complexity index is 386. The summed E-state index contributed by atoms with van der Waals surface area (Å²) >= 11 is 0. The van der Waals surface area contributed by atoms with Gasteiger partial charge in [0.1, 0.15) is 5.82 Å². The summed E-state index contributed by atoms with van der Waals surface area (Å²) in [5.41, 5.74) is 0. The highest BCUT2D eigenvalue weighted by molar-refractivity contribution is 5.93. The molecule has 5 heteroatoms. The third-order valence-electron chi connectivity index (χ3n) is 2.95. The third-order valence-corrected chi connectivity index (χ3v) is 2.95. The van der Waals surface area contributed by atoms with Crippen LogP contribution in [-0.4, -0.2) is 22.6 Å². The number of hydrogen-bond donors (Lipinski definition) is 2. The molecule has 1 aromatic heterocycles. The second kappa shape index (κ2) is 6.33. The van der Waals surface area contributed by atoms with E-state index < -0.39 is 0 Å². The summed E-state index contributed by atoms with van der Waals surface area (Å²) in [5, 5.41) is 14.0. The molecule has 98 valence electrons. The molecule has 1 aliphatic rings. The molecular formula is C13H20N4O. The van der Waals surface area contributed by atoms with Crippen LogP contribution in [0.1, 0.15) is 39.0 Å². The molecule has 5 nitrogen and oxygen atoms in total. The summed E-state index contributed by atoms with van der Waals surface area (Å²) in [7, 11) is 0. The van der Waals surface area contributed by atoms with E-state index in [0.29, 0.717) is 5.82 Å². The Hall–Kier alpha value is -1.65. The first-order chi connectivity index (χ1) is 8.79. The minimum atomic E-state index is 0.0629. The van der Waals surface area contributed by atoms with Gasteiger partial charge in [0.05, 0.1) is 0 Å². The van der Waals surface area contributed by atoms with Crippen LogP contribution in [0, 0.1) is 5.92 Å². The van der Waals surface area contributed by atoms with Crippen LogP contribution >= 0.6 is 0 Å². The van der Waals surface area contributed by atoms with E-state index >= 15 is 0 Å². The Kier molecular flexibility index (Phi) is 4.50. The van der Waals surface area contributed by atoms with Crippen molar-refractivity contribution in [2.45, 2.75) is 39.0 Å². The van der Waals surface area contributed by atoms with E-state index in [1.165, 1.54) is 12.8 Å². The van der Waals surface area contributed by atoms with Crippen molar-refractivity contribution in [3.63, 3.8) is 0 Å². The maximum Gasteiger partial charge on any atom is 0.228 e. The van der Waals surface area contributed by atoms with E-state index in [2.05, 4.69) is 27.8 Å². The molecule has 1 fully saturated rings. The first-order valence-corrected chi connectivity index (χ1v) is 6.68. The van der Waals surface area contributed by atoms with Gasteiger partial charge in [-0.05, 0) is 31.4 Å². The molecule has 2 N–H and O–H groups in total. The molecule has 1 heterocycles. The lowest BCUT2D eigenvalue weighted by molar-refractivity contribution is -0.117. The van der Waals surface area contributed by atoms with E-state index in [0.717, 1.165) is 31.6 Å². The SMILES string of the molecule is CCCCCNc1ccc(NC(=O)C2CC2)nn1. The Morgan fingerprint density at radius 2 is 2.00 bits per heavy atom. The molecular weight excluding hydrogens is 228 g/mol. The highest BCUT2D eigenvalue weighted by Crippen LogP contribution is 2.29. The minimum absolute atomic E-state index is 0.0629. The van der Waals surface area contributed by atoms with Gasteiger partial charge in [-0.25, -0.2) is 0 Å². The van der Waals surface area contributed by atoms with Gasteiger partial charge in [-0.2, -0.15) is 0 Å². The highest BCUT2D eigenvalue weighted by atomic mass is 16.2. The van der Waals surface area contributed by atoms with Crippen LogP contribution < -0.4 is 10.6 Å². The van der Waals surface area contributed by atoms with Gasteiger partial charge < -0.3 is 10.6 Å². The molecule has 0 aliphatic heterocycles. The zero-order valence-electron chi connectivity index (χ0n) is 10.8. The van der Waals surface area contributed by atoms with Crippen molar-refractivity contribution in [3.05, 3.63) is 12.1 Å². The number of carbonyl (C=O) groups is 1. The summed E-state index contributed by atoms with van der Waals surface area (Å²) in [6.45, 7) is 3.09. The maximum absolute atomic E-state index is 11.5. The Morgan fingerprint density at radius 3 is 2.61 bits per heavy atom. The summed E-state index contributed by atoms with van der Waals surface area (Å²) in [6.07, 6.45) is 5.56. The van der Waals surface area contributed by atoms with Crippen molar-refractivity contribution in [1.82, 2.24) is 10.2 Å². The van der Waals surface area contributed by atoms with Crippen molar-refractivity contribution in [1.29, 1.82) is 0 Å². The molecule has 0 bridgehead atoms. The second-order valence-electron chi connectivity index (χ2n) is 4.70. The standard InChI is InChI=1S/C13H20N4O/c1-2-3-4-9-14-11-7-8-12(17-16-11)15-13(18)10-5-6-10/h7-8,10H,2-6,9H2,1H3,(H,14,16)(H,15,17,18). The molecule has 0 radical (unpaired) electrons. The van der Waals surface area contributed by atoms with E-state index in [9.17, 15) is 4.79 Å². The van der Waals surface area contributed by atoms with Gasteiger partial charge in [-0.3, -0.25) is 4.79 Å². The van der Waals surface area contributed by atoms with Crippen molar-refractivity contribution >= 4 is 17.5 Å².